The van der Waals surface area contributed by atoms with Crippen molar-refractivity contribution in [2.24, 2.45) is 0 Å². The molecule has 0 spiro atoms. The Hall–Kier alpha value is -2.58. The van der Waals surface area contributed by atoms with Crippen LogP contribution in [0.15, 0.2) is 48.5 Å². The van der Waals surface area contributed by atoms with Crippen LogP contribution in [-0.4, -0.2) is 41.8 Å². The maximum absolute atomic E-state index is 12.1. The molecule has 0 amide bonds. The summed E-state index contributed by atoms with van der Waals surface area (Å²) in [5.74, 6) is 0.699. The fourth-order valence-corrected chi connectivity index (χ4v) is 3.29. The predicted molar refractivity (Wildman–Crippen MR) is 96.9 cm³/mol. The Kier molecular flexibility index (Phi) is 6.99. The van der Waals surface area contributed by atoms with E-state index in [4.69, 9.17) is 9.47 Å². The third-order valence-electron chi connectivity index (χ3n) is 3.48. The summed E-state index contributed by atoms with van der Waals surface area (Å²) in [6.07, 6.45) is 0. The summed E-state index contributed by atoms with van der Waals surface area (Å²) in [5, 5.41) is 0. The van der Waals surface area contributed by atoms with Gasteiger partial charge in [-0.25, -0.2) is 17.9 Å². The van der Waals surface area contributed by atoms with Crippen LogP contribution >= 0.6 is 0 Å². The molecule has 2 aromatic carbocycles. The summed E-state index contributed by atoms with van der Waals surface area (Å²) in [5.41, 5.74) is 0.940. The number of nitrogens with one attached hydrogen (secondary N) is 1. The molecule has 1 N–H and O–H groups in total. The van der Waals surface area contributed by atoms with Crippen molar-refractivity contribution in [2.75, 3.05) is 27.4 Å². The highest BCUT2D eigenvalue weighted by Crippen LogP contribution is 2.16. The van der Waals surface area contributed by atoms with Gasteiger partial charge in [0.2, 0.25) is 10.0 Å². The van der Waals surface area contributed by atoms with Gasteiger partial charge < -0.3 is 14.2 Å². The quantitative estimate of drug-likeness (QED) is 0.529. The van der Waals surface area contributed by atoms with Gasteiger partial charge in [-0.1, -0.05) is 12.1 Å². The Morgan fingerprint density at radius 3 is 2.15 bits per heavy atom. The highest BCUT2D eigenvalue weighted by atomic mass is 32.2. The van der Waals surface area contributed by atoms with Crippen molar-refractivity contribution in [3.63, 3.8) is 0 Å². The number of sulfonamides is 1. The van der Waals surface area contributed by atoms with Crippen molar-refractivity contribution < 1.29 is 27.4 Å². The van der Waals surface area contributed by atoms with Crippen LogP contribution in [0.3, 0.4) is 0 Å². The van der Waals surface area contributed by atoms with E-state index in [1.54, 1.807) is 43.5 Å². The first kappa shape index (κ1) is 19.7. The van der Waals surface area contributed by atoms with Gasteiger partial charge in [0.1, 0.15) is 18.1 Å². The van der Waals surface area contributed by atoms with Crippen LogP contribution in [0.5, 0.6) is 11.5 Å². The minimum Gasteiger partial charge on any atom is -0.497 e. The minimum absolute atomic E-state index is 0.147. The Morgan fingerprint density at radius 1 is 0.962 bits per heavy atom. The minimum atomic E-state index is -3.50. The van der Waals surface area contributed by atoms with Crippen LogP contribution in [0.25, 0.3) is 0 Å². The van der Waals surface area contributed by atoms with E-state index in [0.717, 1.165) is 5.75 Å². The summed E-state index contributed by atoms with van der Waals surface area (Å²) < 4.78 is 41.8. The first-order valence-corrected chi connectivity index (χ1v) is 9.50. The first-order chi connectivity index (χ1) is 12.4. The maximum Gasteiger partial charge on any atom is 0.337 e. The van der Waals surface area contributed by atoms with E-state index in [1.807, 2.05) is 0 Å². The van der Waals surface area contributed by atoms with E-state index in [0.29, 0.717) is 16.9 Å². The van der Waals surface area contributed by atoms with Gasteiger partial charge in [0.25, 0.3) is 0 Å². The Morgan fingerprint density at radius 2 is 1.58 bits per heavy atom. The Balaban J connectivity index is 1.79. The highest BCUT2D eigenvalue weighted by Gasteiger charge is 2.12. The van der Waals surface area contributed by atoms with Crippen LogP contribution in [0.2, 0.25) is 0 Å². The number of carbonyl (C=O) groups is 1. The molecule has 0 heterocycles. The van der Waals surface area contributed by atoms with Gasteiger partial charge in [0.05, 0.1) is 25.5 Å². The van der Waals surface area contributed by atoms with E-state index in [1.165, 1.54) is 19.2 Å². The molecule has 7 nitrogen and oxygen atoms in total. The standard InChI is InChI=1S/C18H21NO6S/c1-23-16-7-9-17(10-8-16)25-12-11-19-26(21,22)13-14-3-5-15(6-4-14)18(20)24-2/h3-10,19H,11-13H2,1-2H3. The molecule has 0 radical (unpaired) electrons. The number of methoxy groups -OCH3 is 2. The molecule has 0 bridgehead atoms. The number of esters is 1. The maximum atomic E-state index is 12.1. The van der Waals surface area contributed by atoms with Crippen molar-refractivity contribution >= 4 is 16.0 Å². The summed E-state index contributed by atoms with van der Waals surface area (Å²) in [4.78, 5) is 11.4. The van der Waals surface area contributed by atoms with Crippen LogP contribution in [0.1, 0.15) is 15.9 Å². The van der Waals surface area contributed by atoms with Gasteiger partial charge in [0.15, 0.2) is 0 Å². The second-order valence-corrected chi connectivity index (χ2v) is 7.17. The Bertz CT molecular complexity index is 816. The second-order valence-electron chi connectivity index (χ2n) is 5.37. The Labute approximate surface area is 152 Å². The smallest absolute Gasteiger partial charge is 0.337 e. The van der Waals surface area contributed by atoms with Crippen LogP contribution < -0.4 is 14.2 Å². The number of benzene rings is 2. The number of hydrogen-bond donors (Lipinski definition) is 1. The average molecular weight is 379 g/mol. The topological polar surface area (TPSA) is 90.9 Å². The number of ether oxygens (including phenoxy) is 3. The van der Waals surface area contributed by atoms with Crippen LogP contribution in [0, 0.1) is 0 Å². The summed E-state index contributed by atoms with van der Waals surface area (Å²) >= 11 is 0. The highest BCUT2D eigenvalue weighted by molar-refractivity contribution is 7.88. The monoisotopic (exact) mass is 379 g/mol. The molecule has 8 heteroatoms. The van der Waals surface area contributed by atoms with Gasteiger partial charge >= 0.3 is 5.97 Å². The molecule has 0 aliphatic rings. The molecular weight excluding hydrogens is 358 g/mol. The average Bonchev–Trinajstić information content (AvgIpc) is 2.65. The van der Waals surface area contributed by atoms with Gasteiger partial charge in [0, 0.05) is 6.54 Å². The van der Waals surface area contributed by atoms with Gasteiger partial charge in [-0.15, -0.1) is 0 Å². The molecule has 140 valence electrons. The molecule has 2 aromatic rings. The molecule has 0 fully saturated rings. The van der Waals surface area contributed by atoms with Gasteiger partial charge in [-0.3, -0.25) is 0 Å². The fraction of sp³-hybridized carbons (Fsp3) is 0.278. The summed E-state index contributed by atoms with van der Waals surface area (Å²) in [7, 11) is -0.637. The number of hydrogen-bond acceptors (Lipinski definition) is 6. The van der Waals surface area contributed by atoms with E-state index in [-0.39, 0.29) is 18.9 Å². The third-order valence-corrected chi connectivity index (χ3v) is 4.84. The molecule has 0 saturated heterocycles. The molecule has 0 aliphatic heterocycles. The number of rotatable bonds is 9. The lowest BCUT2D eigenvalue weighted by Crippen LogP contribution is -2.29. The van der Waals surface area contributed by atoms with Crippen molar-refractivity contribution in [1.82, 2.24) is 4.72 Å². The largest absolute Gasteiger partial charge is 0.497 e. The van der Waals surface area contributed by atoms with Crippen LogP contribution in [0.4, 0.5) is 0 Å². The van der Waals surface area contributed by atoms with Crippen molar-refractivity contribution in [3.05, 3.63) is 59.7 Å². The first-order valence-electron chi connectivity index (χ1n) is 7.85. The molecule has 0 aromatic heterocycles. The zero-order valence-corrected chi connectivity index (χ0v) is 15.4. The molecule has 0 atom stereocenters. The lowest BCUT2D eigenvalue weighted by molar-refractivity contribution is 0.0600. The number of carbonyl (C=O) groups excluding carboxylic acids is 1. The van der Waals surface area contributed by atoms with E-state index < -0.39 is 16.0 Å². The van der Waals surface area contributed by atoms with E-state index in [2.05, 4.69) is 9.46 Å². The molecule has 26 heavy (non-hydrogen) atoms. The molecule has 0 saturated carbocycles. The van der Waals surface area contributed by atoms with Crippen molar-refractivity contribution in [1.29, 1.82) is 0 Å². The van der Waals surface area contributed by atoms with Crippen molar-refractivity contribution in [3.8, 4) is 11.5 Å². The van der Waals surface area contributed by atoms with E-state index >= 15 is 0 Å². The fourth-order valence-electron chi connectivity index (χ4n) is 2.16. The normalized spacial score (nSPS) is 11.0. The summed E-state index contributed by atoms with van der Waals surface area (Å²) in [6.45, 7) is 0.349. The van der Waals surface area contributed by atoms with Crippen LogP contribution in [-0.2, 0) is 20.5 Å². The lowest BCUT2D eigenvalue weighted by Gasteiger charge is -2.09. The second kappa shape index (κ2) is 9.21. The zero-order valence-electron chi connectivity index (χ0n) is 14.6. The lowest BCUT2D eigenvalue weighted by atomic mass is 10.1. The van der Waals surface area contributed by atoms with E-state index in [9.17, 15) is 13.2 Å². The van der Waals surface area contributed by atoms with Gasteiger partial charge in [-0.05, 0) is 42.0 Å². The predicted octanol–water partition coefficient (Wildman–Crippen LogP) is 1.98. The van der Waals surface area contributed by atoms with Crippen molar-refractivity contribution in [2.45, 2.75) is 5.75 Å². The molecule has 0 aliphatic carbocycles. The SMILES string of the molecule is COC(=O)c1ccc(CS(=O)(=O)NCCOc2ccc(OC)cc2)cc1. The summed E-state index contributed by atoms with van der Waals surface area (Å²) in [6, 6.07) is 13.2. The third kappa shape index (κ3) is 6.05. The molecular formula is C18H21NO6S. The molecule has 2 rings (SSSR count). The molecule has 0 unspecified atom stereocenters. The van der Waals surface area contributed by atoms with Gasteiger partial charge in [-0.2, -0.15) is 0 Å². The zero-order chi connectivity index (χ0) is 19.0.